The lowest BCUT2D eigenvalue weighted by Crippen LogP contribution is -2.18. The van der Waals surface area contributed by atoms with Crippen LogP contribution in [0, 0.1) is 0 Å². The van der Waals surface area contributed by atoms with E-state index in [0.717, 1.165) is 41.3 Å². The van der Waals surface area contributed by atoms with Gasteiger partial charge in [0.15, 0.2) is 5.65 Å². The molecule has 0 unspecified atom stereocenters. The van der Waals surface area contributed by atoms with Gasteiger partial charge in [0.25, 0.3) is 0 Å². The zero-order chi connectivity index (χ0) is 13.1. The molecule has 0 spiro atoms. The number of fused-ring (bicyclic) bond motifs is 1. The summed E-state index contributed by atoms with van der Waals surface area (Å²) in [6.45, 7) is 1.63. The van der Waals surface area contributed by atoms with E-state index in [1.165, 1.54) is 0 Å². The summed E-state index contributed by atoms with van der Waals surface area (Å²) in [7, 11) is 0. The number of halogens is 1. The zero-order valence-electron chi connectivity index (χ0n) is 10.2. The SMILES string of the molecule is Brc1cn2c(CNCCc3ncc[nH]3)cnc2cn1. The molecule has 3 rings (SSSR count). The zero-order valence-corrected chi connectivity index (χ0v) is 11.8. The van der Waals surface area contributed by atoms with Crippen LogP contribution >= 0.6 is 15.9 Å². The Bertz CT molecular complexity index is 660. The molecule has 0 amide bonds. The number of hydrogen-bond donors (Lipinski definition) is 2. The van der Waals surface area contributed by atoms with Crippen molar-refractivity contribution in [2.45, 2.75) is 13.0 Å². The largest absolute Gasteiger partial charge is 0.349 e. The first kappa shape index (κ1) is 12.3. The van der Waals surface area contributed by atoms with Crippen LogP contribution in [0.3, 0.4) is 0 Å². The van der Waals surface area contributed by atoms with Gasteiger partial charge in [0.1, 0.15) is 10.4 Å². The lowest BCUT2D eigenvalue weighted by Gasteiger charge is -2.04. The number of aromatic amines is 1. The van der Waals surface area contributed by atoms with Crippen molar-refractivity contribution in [1.29, 1.82) is 0 Å². The van der Waals surface area contributed by atoms with Crippen LogP contribution in [0.5, 0.6) is 0 Å². The van der Waals surface area contributed by atoms with Crippen molar-refractivity contribution in [3.63, 3.8) is 0 Å². The average Bonchev–Trinajstić information content (AvgIpc) is 3.04. The first-order chi connectivity index (χ1) is 9.33. The number of rotatable bonds is 5. The van der Waals surface area contributed by atoms with Gasteiger partial charge in [-0.25, -0.2) is 15.0 Å². The number of imidazole rings is 2. The van der Waals surface area contributed by atoms with Crippen LogP contribution in [0.15, 0.2) is 35.6 Å². The third-order valence-corrected chi connectivity index (χ3v) is 3.25. The van der Waals surface area contributed by atoms with Gasteiger partial charge in [-0.1, -0.05) is 0 Å². The van der Waals surface area contributed by atoms with Crippen molar-refractivity contribution < 1.29 is 0 Å². The molecule has 0 radical (unpaired) electrons. The molecule has 3 aromatic heterocycles. The first-order valence-electron chi connectivity index (χ1n) is 5.99. The standard InChI is InChI=1S/C12H13BrN6/c13-10-8-19-9(6-18-12(19)7-17-10)5-14-2-1-11-15-3-4-16-11/h3-4,6-8,14H,1-2,5H2,(H,15,16). The van der Waals surface area contributed by atoms with Gasteiger partial charge in [-0.15, -0.1) is 0 Å². The second-order valence-corrected chi connectivity index (χ2v) is 4.96. The molecule has 0 aliphatic heterocycles. The van der Waals surface area contributed by atoms with Crippen molar-refractivity contribution in [2.75, 3.05) is 6.54 Å². The van der Waals surface area contributed by atoms with E-state index in [4.69, 9.17) is 0 Å². The van der Waals surface area contributed by atoms with E-state index in [1.807, 2.05) is 23.0 Å². The second kappa shape index (κ2) is 5.50. The molecule has 19 heavy (non-hydrogen) atoms. The molecule has 7 heteroatoms. The Balaban J connectivity index is 1.60. The Morgan fingerprint density at radius 1 is 1.26 bits per heavy atom. The van der Waals surface area contributed by atoms with Crippen molar-refractivity contribution >= 4 is 21.6 Å². The lowest BCUT2D eigenvalue weighted by atomic mass is 10.4. The summed E-state index contributed by atoms with van der Waals surface area (Å²) >= 11 is 3.37. The van der Waals surface area contributed by atoms with E-state index in [9.17, 15) is 0 Å². The maximum atomic E-state index is 4.31. The maximum Gasteiger partial charge on any atom is 0.155 e. The Hall–Kier alpha value is -1.73. The fraction of sp³-hybridized carbons (Fsp3) is 0.250. The highest BCUT2D eigenvalue weighted by molar-refractivity contribution is 9.10. The highest BCUT2D eigenvalue weighted by atomic mass is 79.9. The van der Waals surface area contributed by atoms with Crippen LogP contribution in [-0.4, -0.2) is 30.9 Å². The number of hydrogen-bond acceptors (Lipinski definition) is 4. The minimum Gasteiger partial charge on any atom is -0.349 e. The minimum absolute atomic E-state index is 0.762. The summed E-state index contributed by atoms with van der Waals surface area (Å²) in [4.78, 5) is 15.7. The number of H-pyrrole nitrogens is 1. The third kappa shape index (κ3) is 2.82. The molecule has 6 nitrogen and oxygen atoms in total. The van der Waals surface area contributed by atoms with Crippen LogP contribution in [0.2, 0.25) is 0 Å². The minimum atomic E-state index is 0.762. The highest BCUT2D eigenvalue weighted by Crippen LogP contribution is 2.10. The molecule has 0 aromatic carbocycles. The number of aromatic nitrogens is 5. The van der Waals surface area contributed by atoms with Crippen LogP contribution in [-0.2, 0) is 13.0 Å². The second-order valence-electron chi connectivity index (χ2n) is 4.15. The normalized spacial score (nSPS) is 11.2. The molecule has 3 heterocycles. The van der Waals surface area contributed by atoms with Gasteiger partial charge in [0, 0.05) is 38.1 Å². The van der Waals surface area contributed by atoms with Crippen molar-refractivity contribution in [3.05, 3.63) is 47.1 Å². The van der Waals surface area contributed by atoms with Gasteiger partial charge < -0.3 is 10.3 Å². The predicted octanol–water partition coefficient (Wildman–Crippen LogP) is 1.55. The maximum absolute atomic E-state index is 4.31. The molecule has 3 aromatic rings. The Labute approximate surface area is 118 Å². The fourth-order valence-corrected chi connectivity index (χ4v) is 2.21. The molecule has 0 fully saturated rings. The van der Waals surface area contributed by atoms with Gasteiger partial charge in [-0.05, 0) is 15.9 Å². The molecule has 0 saturated carbocycles. The smallest absolute Gasteiger partial charge is 0.155 e. The Morgan fingerprint density at radius 3 is 3.05 bits per heavy atom. The number of nitrogens with one attached hydrogen (secondary N) is 2. The van der Waals surface area contributed by atoms with Gasteiger partial charge >= 0.3 is 0 Å². The molecule has 0 atom stereocenters. The summed E-state index contributed by atoms with van der Waals surface area (Å²) in [5, 5.41) is 3.38. The fourth-order valence-electron chi connectivity index (χ4n) is 1.90. The van der Waals surface area contributed by atoms with Crippen LogP contribution < -0.4 is 5.32 Å². The lowest BCUT2D eigenvalue weighted by molar-refractivity contribution is 0.659. The summed E-state index contributed by atoms with van der Waals surface area (Å²) in [6.07, 6.45) is 10.0. The summed E-state index contributed by atoms with van der Waals surface area (Å²) in [6, 6.07) is 0. The molecule has 0 aliphatic carbocycles. The average molecular weight is 321 g/mol. The number of nitrogens with zero attached hydrogens (tertiary/aromatic N) is 4. The molecule has 0 aliphatic rings. The highest BCUT2D eigenvalue weighted by Gasteiger charge is 2.04. The van der Waals surface area contributed by atoms with Gasteiger partial charge in [-0.2, -0.15) is 0 Å². The molecule has 0 saturated heterocycles. The molecule has 2 N–H and O–H groups in total. The monoisotopic (exact) mass is 320 g/mol. The summed E-state index contributed by atoms with van der Waals surface area (Å²) in [5.74, 6) is 0.998. The van der Waals surface area contributed by atoms with Crippen LogP contribution in [0.1, 0.15) is 11.5 Å². The van der Waals surface area contributed by atoms with E-state index in [0.29, 0.717) is 0 Å². The predicted molar refractivity (Wildman–Crippen MR) is 74.7 cm³/mol. The van der Waals surface area contributed by atoms with E-state index in [1.54, 1.807) is 12.4 Å². The Morgan fingerprint density at radius 2 is 2.21 bits per heavy atom. The van der Waals surface area contributed by atoms with E-state index in [-0.39, 0.29) is 0 Å². The van der Waals surface area contributed by atoms with Crippen LogP contribution in [0.25, 0.3) is 5.65 Å². The van der Waals surface area contributed by atoms with E-state index >= 15 is 0 Å². The molecular formula is C12H13BrN6. The van der Waals surface area contributed by atoms with Gasteiger partial charge in [0.2, 0.25) is 0 Å². The summed E-state index contributed by atoms with van der Waals surface area (Å²) < 4.78 is 2.83. The van der Waals surface area contributed by atoms with Crippen molar-refractivity contribution in [1.82, 2.24) is 29.7 Å². The summed E-state index contributed by atoms with van der Waals surface area (Å²) in [5.41, 5.74) is 1.96. The van der Waals surface area contributed by atoms with Gasteiger partial charge in [-0.3, -0.25) is 4.40 Å². The Kier molecular flexibility index (Phi) is 3.56. The topological polar surface area (TPSA) is 70.9 Å². The van der Waals surface area contributed by atoms with Gasteiger partial charge in [0.05, 0.1) is 18.1 Å². The quantitative estimate of drug-likeness (QED) is 0.700. The van der Waals surface area contributed by atoms with Crippen LogP contribution in [0.4, 0.5) is 0 Å². The molecule has 0 bridgehead atoms. The first-order valence-corrected chi connectivity index (χ1v) is 6.79. The molecular weight excluding hydrogens is 308 g/mol. The van der Waals surface area contributed by atoms with E-state index < -0.39 is 0 Å². The molecule has 98 valence electrons. The van der Waals surface area contributed by atoms with Crippen molar-refractivity contribution in [2.24, 2.45) is 0 Å². The van der Waals surface area contributed by atoms with Crippen molar-refractivity contribution in [3.8, 4) is 0 Å². The third-order valence-electron chi connectivity index (χ3n) is 2.84. The van der Waals surface area contributed by atoms with E-state index in [2.05, 4.69) is 41.2 Å².